The predicted octanol–water partition coefficient (Wildman–Crippen LogP) is 4.32. The predicted molar refractivity (Wildman–Crippen MR) is 130 cm³/mol. The minimum Gasteiger partial charge on any atom is -0.350 e. The van der Waals surface area contributed by atoms with Gasteiger partial charge < -0.3 is 14.8 Å². The number of hydrogen-bond acceptors (Lipinski definition) is 3. The first kappa shape index (κ1) is 20.2. The first-order chi connectivity index (χ1) is 16.5. The van der Waals surface area contributed by atoms with Gasteiger partial charge in [0.2, 0.25) is 5.91 Å². The number of benzene rings is 3. The highest BCUT2D eigenvalue weighted by Gasteiger charge is 2.47. The van der Waals surface area contributed by atoms with E-state index in [0.29, 0.717) is 16.8 Å². The van der Waals surface area contributed by atoms with Gasteiger partial charge in [-0.3, -0.25) is 19.3 Å². The molecule has 2 aliphatic rings. The lowest BCUT2D eigenvalue weighted by Gasteiger charge is -2.40. The molecule has 0 saturated carbocycles. The molecule has 0 bridgehead atoms. The van der Waals surface area contributed by atoms with Gasteiger partial charge in [-0.2, -0.15) is 0 Å². The van der Waals surface area contributed by atoms with E-state index >= 15 is 0 Å². The molecule has 3 aromatic carbocycles. The molecule has 0 radical (unpaired) electrons. The van der Waals surface area contributed by atoms with Crippen LogP contribution in [0.25, 0.3) is 10.9 Å². The number of rotatable bonds is 4. The maximum absolute atomic E-state index is 13.5. The molecule has 4 aromatic rings. The Balaban J connectivity index is 1.30. The van der Waals surface area contributed by atoms with Crippen LogP contribution in [0.1, 0.15) is 38.9 Å². The third-order valence-corrected chi connectivity index (χ3v) is 6.66. The van der Waals surface area contributed by atoms with Crippen LogP contribution >= 0.6 is 0 Å². The molecular formula is C27H22N4O3. The Morgan fingerprint density at radius 3 is 2.50 bits per heavy atom. The number of amides is 3. The minimum atomic E-state index is -0.559. The number of aromatic nitrogens is 1. The van der Waals surface area contributed by atoms with Gasteiger partial charge in [-0.15, -0.1) is 0 Å². The van der Waals surface area contributed by atoms with Gasteiger partial charge in [0, 0.05) is 48.2 Å². The van der Waals surface area contributed by atoms with Crippen LogP contribution in [0.5, 0.6) is 0 Å². The highest BCUT2D eigenvalue weighted by atomic mass is 16.2. The summed E-state index contributed by atoms with van der Waals surface area (Å²) < 4.78 is 2.00. The monoisotopic (exact) mass is 450 g/mol. The van der Waals surface area contributed by atoms with Crippen LogP contribution in [0, 0.1) is 0 Å². The molecule has 2 aliphatic heterocycles. The standard InChI is InChI=1S/C27H22N4O3/c1-29-15-13-19-21(10-6-12-22(19)29)28-24(32)14-16-30-25-17-7-2-3-8-18(17)27(34)31(25)23-11-5-4-9-20(23)26(30)33/h2-13,15,25H,14,16H2,1H3,(H,28,32)/t25-/m1/s1. The molecule has 1 N–H and O–H groups in total. The molecular weight excluding hydrogens is 428 g/mol. The fourth-order valence-electron chi connectivity index (χ4n) is 5.05. The number of carbonyl (C=O) groups excluding carboxylic acids is 3. The number of para-hydroxylation sites is 1. The van der Waals surface area contributed by atoms with Gasteiger partial charge >= 0.3 is 0 Å². The van der Waals surface area contributed by atoms with Crippen molar-refractivity contribution in [3.8, 4) is 0 Å². The number of carbonyl (C=O) groups is 3. The van der Waals surface area contributed by atoms with Crippen molar-refractivity contribution < 1.29 is 14.4 Å². The second-order valence-corrected chi connectivity index (χ2v) is 8.61. The van der Waals surface area contributed by atoms with E-state index in [1.165, 1.54) is 0 Å². The van der Waals surface area contributed by atoms with E-state index in [1.807, 2.05) is 66.3 Å². The second kappa shape index (κ2) is 7.59. The third kappa shape index (κ3) is 2.94. The number of nitrogens with zero attached hydrogens (tertiary/aromatic N) is 3. The van der Waals surface area contributed by atoms with E-state index in [4.69, 9.17) is 0 Å². The maximum atomic E-state index is 13.5. The van der Waals surface area contributed by atoms with Gasteiger partial charge in [0.05, 0.1) is 16.9 Å². The summed E-state index contributed by atoms with van der Waals surface area (Å²) >= 11 is 0. The van der Waals surface area contributed by atoms with Crippen molar-refractivity contribution in [1.29, 1.82) is 0 Å². The van der Waals surface area contributed by atoms with E-state index in [-0.39, 0.29) is 30.7 Å². The van der Waals surface area contributed by atoms with Gasteiger partial charge in [0.1, 0.15) is 6.17 Å². The van der Waals surface area contributed by atoms with Gasteiger partial charge in [0.25, 0.3) is 11.8 Å². The summed E-state index contributed by atoms with van der Waals surface area (Å²) in [5.74, 6) is -0.503. The van der Waals surface area contributed by atoms with E-state index in [9.17, 15) is 14.4 Å². The lowest BCUT2D eigenvalue weighted by atomic mass is 10.0. The number of aryl methyl sites for hydroxylation is 1. The third-order valence-electron chi connectivity index (χ3n) is 6.66. The topological polar surface area (TPSA) is 74.7 Å². The van der Waals surface area contributed by atoms with Gasteiger partial charge in [-0.1, -0.05) is 36.4 Å². The molecule has 6 rings (SSSR count). The van der Waals surface area contributed by atoms with Crippen molar-refractivity contribution in [2.24, 2.45) is 7.05 Å². The molecule has 0 saturated heterocycles. The zero-order chi connectivity index (χ0) is 23.4. The molecule has 3 amide bonds. The quantitative estimate of drug-likeness (QED) is 0.503. The van der Waals surface area contributed by atoms with Crippen LogP contribution < -0.4 is 10.2 Å². The zero-order valence-electron chi connectivity index (χ0n) is 18.6. The molecule has 0 fully saturated rings. The number of hydrogen-bond donors (Lipinski definition) is 1. The van der Waals surface area contributed by atoms with Crippen LogP contribution in [0.4, 0.5) is 11.4 Å². The highest BCUT2D eigenvalue weighted by molar-refractivity contribution is 6.16. The van der Waals surface area contributed by atoms with E-state index in [1.54, 1.807) is 34.1 Å². The average Bonchev–Trinajstić information content (AvgIpc) is 3.38. The molecule has 1 aromatic heterocycles. The van der Waals surface area contributed by atoms with Crippen LogP contribution in [0.3, 0.4) is 0 Å². The summed E-state index contributed by atoms with van der Waals surface area (Å²) in [6.45, 7) is 0.187. The van der Waals surface area contributed by atoms with Crippen molar-refractivity contribution in [2.75, 3.05) is 16.8 Å². The average molecular weight is 450 g/mol. The van der Waals surface area contributed by atoms with Crippen molar-refractivity contribution >= 4 is 40.0 Å². The van der Waals surface area contributed by atoms with Crippen molar-refractivity contribution in [1.82, 2.24) is 9.47 Å². The Bertz CT molecular complexity index is 1490. The smallest absolute Gasteiger partial charge is 0.260 e. The fraction of sp³-hybridized carbons (Fsp3) is 0.148. The fourth-order valence-corrected chi connectivity index (χ4v) is 5.05. The normalized spacial score (nSPS) is 16.4. The van der Waals surface area contributed by atoms with E-state index < -0.39 is 6.17 Å². The highest BCUT2D eigenvalue weighted by Crippen LogP contribution is 2.45. The minimum absolute atomic E-state index is 0.109. The van der Waals surface area contributed by atoms with Crippen molar-refractivity contribution in [3.05, 3.63) is 95.7 Å². The summed E-state index contributed by atoms with van der Waals surface area (Å²) in [4.78, 5) is 43.0. The zero-order valence-corrected chi connectivity index (χ0v) is 18.6. The maximum Gasteiger partial charge on any atom is 0.260 e. The SMILES string of the molecule is Cn1ccc2c(NC(=O)CCN3C(=O)c4ccccc4N4C(=O)c5ccccc5[C@H]34)cccc21. The molecule has 0 aliphatic carbocycles. The Morgan fingerprint density at radius 2 is 1.65 bits per heavy atom. The van der Waals surface area contributed by atoms with Gasteiger partial charge in [-0.25, -0.2) is 0 Å². The Kier molecular flexibility index (Phi) is 4.52. The molecule has 0 unspecified atom stereocenters. The molecule has 7 heteroatoms. The van der Waals surface area contributed by atoms with Crippen molar-refractivity contribution in [2.45, 2.75) is 12.6 Å². The van der Waals surface area contributed by atoms with Crippen molar-refractivity contribution in [3.63, 3.8) is 0 Å². The second-order valence-electron chi connectivity index (χ2n) is 8.61. The Labute approximate surface area is 196 Å². The summed E-state index contributed by atoms with van der Waals surface area (Å²) in [6, 6.07) is 22.2. The van der Waals surface area contributed by atoms with Crippen LogP contribution in [0.2, 0.25) is 0 Å². The Morgan fingerprint density at radius 1 is 0.882 bits per heavy atom. The summed E-state index contributed by atoms with van der Waals surface area (Å²) in [6.07, 6.45) is 1.50. The summed E-state index contributed by atoms with van der Waals surface area (Å²) in [5, 5.41) is 3.95. The van der Waals surface area contributed by atoms with E-state index in [0.717, 1.165) is 22.2 Å². The lowest BCUT2D eigenvalue weighted by Crippen LogP contribution is -2.49. The van der Waals surface area contributed by atoms with Crippen LogP contribution in [-0.2, 0) is 11.8 Å². The lowest BCUT2D eigenvalue weighted by molar-refractivity contribution is -0.116. The van der Waals surface area contributed by atoms with Crippen LogP contribution in [0.15, 0.2) is 79.0 Å². The number of anilines is 2. The first-order valence-corrected chi connectivity index (χ1v) is 11.2. The molecule has 3 heterocycles. The summed E-state index contributed by atoms with van der Waals surface area (Å²) in [7, 11) is 1.96. The Hall–Kier alpha value is -4.39. The van der Waals surface area contributed by atoms with E-state index in [2.05, 4.69) is 5.32 Å². The molecule has 1 atom stereocenters. The van der Waals surface area contributed by atoms with Crippen LogP contribution in [-0.4, -0.2) is 33.7 Å². The molecule has 0 spiro atoms. The van der Waals surface area contributed by atoms with Gasteiger partial charge in [0.15, 0.2) is 0 Å². The molecule has 168 valence electrons. The number of nitrogens with one attached hydrogen (secondary N) is 1. The summed E-state index contributed by atoms with van der Waals surface area (Å²) in [5.41, 5.74) is 4.20. The molecule has 7 nitrogen and oxygen atoms in total. The first-order valence-electron chi connectivity index (χ1n) is 11.2. The number of fused-ring (bicyclic) bond motifs is 6. The molecule has 34 heavy (non-hydrogen) atoms. The van der Waals surface area contributed by atoms with Gasteiger partial charge in [-0.05, 0) is 36.4 Å². The largest absolute Gasteiger partial charge is 0.350 e.